The highest BCUT2D eigenvalue weighted by Gasteiger charge is 2.26. The number of rotatable bonds is 5. The molecule has 14 rings (SSSR count). The molecule has 298 valence electrons. The topological polar surface area (TPSA) is 66.6 Å². The number of hydrogen-bond donors (Lipinski definition) is 0. The van der Waals surface area contributed by atoms with Gasteiger partial charge in [0.05, 0.1) is 66.3 Å². The van der Waals surface area contributed by atoms with E-state index >= 15 is 0 Å². The highest BCUT2D eigenvalue weighted by atomic mass is 16.3. The van der Waals surface area contributed by atoms with Crippen LogP contribution in [0.1, 0.15) is 21.9 Å². The van der Waals surface area contributed by atoms with Gasteiger partial charge in [-0.2, -0.15) is 15.0 Å². The summed E-state index contributed by atoms with van der Waals surface area (Å²) in [5, 5.41) is 2.22. The molecule has 0 aliphatic heterocycles. The van der Waals surface area contributed by atoms with Crippen molar-refractivity contribution in [2.24, 2.45) is 0 Å². The van der Waals surface area contributed by atoms with Gasteiger partial charge >= 0.3 is 0 Å². The smallest absolute Gasteiger partial charge is 0.240 e. The first-order valence-corrected chi connectivity index (χ1v) is 20.2. The highest BCUT2D eigenvalue weighted by molar-refractivity contribution is 6.14. The highest BCUT2D eigenvalue weighted by Crippen LogP contribution is 2.44. The van der Waals surface area contributed by atoms with Crippen LogP contribution >= 0.6 is 0 Å². The number of furan rings is 1. The molecule has 9 aromatic carbocycles. The van der Waals surface area contributed by atoms with Crippen molar-refractivity contribution in [3.63, 3.8) is 0 Å². The van der Waals surface area contributed by atoms with Crippen LogP contribution in [0, 0.1) is 0 Å². The van der Waals surface area contributed by atoms with Gasteiger partial charge in [-0.1, -0.05) is 157 Å². The maximum atomic E-state index is 9.48. The summed E-state index contributed by atoms with van der Waals surface area (Å²) in [7, 11) is 0. The summed E-state index contributed by atoms with van der Waals surface area (Å²) in [6, 6.07) is 23.5. The molecule has 0 radical (unpaired) electrons. The van der Waals surface area contributed by atoms with Crippen LogP contribution < -0.4 is 0 Å². The molecule has 0 aliphatic carbocycles. The Morgan fingerprint density at radius 2 is 0.812 bits per heavy atom. The van der Waals surface area contributed by atoms with Gasteiger partial charge in [-0.25, -0.2) is 0 Å². The van der Waals surface area contributed by atoms with Crippen molar-refractivity contribution in [2.45, 2.75) is 0 Å². The van der Waals surface area contributed by atoms with Crippen molar-refractivity contribution >= 4 is 87.4 Å². The van der Waals surface area contributed by atoms with E-state index in [9.17, 15) is 11.0 Å². The Morgan fingerprint density at radius 3 is 1.38 bits per heavy atom. The molecular weight excluding hydrogens is 785 g/mol. The van der Waals surface area contributed by atoms with E-state index in [1.165, 1.54) is 0 Å². The summed E-state index contributed by atoms with van der Waals surface area (Å²) in [6.45, 7) is 0. The molecule has 5 heterocycles. The van der Waals surface area contributed by atoms with Gasteiger partial charge in [0.2, 0.25) is 11.9 Å². The maximum Gasteiger partial charge on any atom is 0.240 e. The molecule has 14 aromatic rings. The summed E-state index contributed by atoms with van der Waals surface area (Å²) in [4.78, 5) is 15.4. The third kappa shape index (κ3) is 4.89. The largest absolute Gasteiger partial charge is 0.455 e. The molecule has 64 heavy (non-hydrogen) atoms. The molecule has 0 N–H and O–H groups in total. The van der Waals surface area contributed by atoms with Crippen LogP contribution in [0.25, 0.3) is 127 Å². The first-order valence-electron chi connectivity index (χ1n) is 28.2. The number of para-hydroxylation sites is 8. The third-order valence-electron chi connectivity index (χ3n) is 11.9. The first-order chi connectivity index (χ1) is 38.4. The molecule has 0 atom stereocenters. The van der Waals surface area contributed by atoms with E-state index in [2.05, 4.69) is 0 Å². The van der Waals surface area contributed by atoms with Gasteiger partial charge in [0, 0.05) is 48.7 Å². The fourth-order valence-electron chi connectivity index (χ4n) is 9.23. The number of aromatic nitrogens is 6. The minimum Gasteiger partial charge on any atom is -0.455 e. The van der Waals surface area contributed by atoms with Crippen molar-refractivity contribution in [2.75, 3.05) is 0 Å². The molecule has 0 amide bonds. The van der Waals surface area contributed by atoms with E-state index in [4.69, 9.17) is 30.3 Å². The second kappa shape index (κ2) is 13.3. The van der Waals surface area contributed by atoms with E-state index < -0.39 is 109 Å². The monoisotopic (exact) mass is 834 g/mol. The Hall–Kier alpha value is -8.81. The Labute approximate surface area is 387 Å². The van der Waals surface area contributed by atoms with Gasteiger partial charge in [0.25, 0.3) is 0 Å². The average Bonchev–Trinajstić information content (AvgIpc) is 3.72. The minimum atomic E-state index is -0.719. The average molecular weight is 835 g/mol. The molecule has 0 saturated heterocycles. The Bertz CT molecular complexity index is 4790. The van der Waals surface area contributed by atoms with Crippen LogP contribution in [-0.4, -0.2) is 28.7 Å². The van der Waals surface area contributed by atoms with Gasteiger partial charge in [-0.15, -0.1) is 0 Å². The molecule has 0 bridgehead atoms. The standard InChI is InChI=1S/C57H34N6O/c1-8-27-45-35(17-1)36-18-2-9-28-46(36)61(45)51-33-16-24-42(44-26-15-25-43-41-23-7-14-34-52(41)64-54(43)44)53(51)55-58-56(62-47-29-10-3-19-37(47)38-20-4-11-30-48(38)62)60-57(59-55)63-49-31-12-5-21-39(49)40-22-6-13-32-50(40)63/h1-34H/i3D,4D,5D,6D,10D,11D,12D,13D,19D,20D,21D,22D,29D,30D,31D,32D. The van der Waals surface area contributed by atoms with E-state index in [1.807, 2.05) is 114 Å². The van der Waals surface area contributed by atoms with Crippen LogP contribution in [-0.2, 0) is 0 Å². The van der Waals surface area contributed by atoms with Gasteiger partial charge in [0.1, 0.15) is 11.2 Å². The Morgan fingerprint density at radius 1 is 0.359 bits per heavy atom. The molecular formula is C57H34N6O. The van der Waals surface area contributed by atoms with Crippen LogP contribution in [0.4, 0.5) is 0 Å². The second-order valence-corrected chi connectivity index (χ2v) is 15.2. The molecule has 7 nitrogen and oxygen atoms in total. The predicted octanol–water partition coefficient (Wildman–Crippen LogP) is 14.4. The maximum absolute atomic E-state index is 9.48. The van der Waals surface area contributed by atoms with Crippen molar-refractivity contribution in [3.05, 3.63) is 206 Å². The molecule has 0 unspecified atom stereocenters. The fraction of sp³-hybridized carbons (Fsp3) is 0. The van der Waals surface area contributed by atoms with Crippen molar-refractivity contribution < 1.29 is 26.3 Å². The number of fused-ring (bicyclic) bond motifs is 12. The van der Waals surface area contributed by atoms with Gasteiger partial charge in [-0.05, 0) is 54.0 Å². The van der Waals surface area contributed by atoms with Gasteiger partial charge in [-0.3, -0.25) is 9.13 Å². The summed E-state index contributed by atoms with van der Waals surface area (Å²) in [5.74, 6) is -1.23. The predicted molar refractivity (Wildman–Crippen MR) is 261 cm³/mol. The van der Waals surface area contributed by atoms with Crippen LogP contribution in [0.15, 0.2) is 210 Å². The Balaban J connectivity index is 1.25. The zero-order valence-corrected chi connectivity index (χ0v) is 33.0. The Kier molecular flexibility index (Phi) is 4.77. The zero-order chi connectivity index (χ0) is 55.8. The molecule has 0 fully saturated rings. The lowest BCUT2D eigenvalue weighted by Crippen LogP contribution is -2.11. The summed E-state index contributed by atoms with van der Waals surface area (Å²) >= 11 is 0. The fourth-order valence-corrected chi connectivity index (χ4v) is 9.23. The van der Waals surface area contributed by atoms with E-state index in [1.54, 1.807) is 0 Å². The molecule has 0 aliphatic rings. The second-order valence-electron chi connectivity index (χ2n) is 15.2. The number of hydrogen-bond acceptors (Lipinski definition) is 4. The quantitative estimate of drug-likeness (QED) is 0.173. The van der Waals surface area contributed by atoms with Crippen molar-refractivity contribution in [1.82, 2.24) is 28.7 Å². The summed E-state index contributed by atoms with van der Waals surface area (Å²) in [5.41, 5.74) is 2.94. The normalized spacial score (nSPS) is 15.6. The van der Waals surface area contributed by atoms with E-state index in [0.29, 0.717) is 28.0 Å². The van der Waals surface area contributed by atoms with Gasteiger partial charge in [0.15, 0.2) is 5.82 Å². The van der Waals surface area contributed by atoms with E-state index in [-0.39, 0.29) is 55.0 Å². The van der Waals surface area contributed by atoms with E-state index in [0.717, 1.165) is 41.7 Å². The van der Waals surface area contributed by atoms with Crippen LogP contribution in [0.3, 0.4) is 0 Å². The van der Waals surface area contributed by atoms with Crippen LogP contribution in [0.2, 0.25) is 0 Å². The third-order valence-corrected chi connectivity index (χ3v) is 11.9. The molecule has 0 saturated carbocycles. The molecule has 5 aromatic heterocycles. The van der Waals surface area contributed by atoms with Crippen molar-refractivity contribution in [3.8, 4) is 40.1 Å². The van der Waals surface area contributed by atoms with Crippen LogP contribution in [0.5, 0.6) is 0 Å². The SMILES string of the molecule is [2H]c1c([2H])c([2H])c2c(c1[2H])c1c([2H])c([2H])c([2H])c([2H])c1n2-c1nc(-c2c(-c3cccc4c3oc3ccccc34)cccc2-n2c3ccccc3c3ccccc32)nc(-n2c3c([2H])c([2H])c([2H])c([2H])c3c3c([2H])c([2H])c([2H])c([2H])c32)n1. The minimum absolute atomic E-state index is 0.209. The van der Waals surface area contributed by atoms with Crippen molar-refractivity contribution in [1.29, 1.82) is 0 Å². The zero-order valence-electron chi connectivity index (χ0n) is 49.0. The molecule has 0 spiro atoms. The number of benzene rings is 9. The summed E-state index contributed by atoms with van der Waals surface area (Å²) in [6.07, 6.45) is 0. The number of nitrogens with zero attached hydrogens (tertiary/aromatic N) is 6. The summed E-state index contributed by atoms with van der Waals surface area (Å²) < 4.78 is 157. The van der Waals surface area contributed by atoms with Gasteiger partial charge < -0.3 is 8.98 Å². The first kappa shape index (κ1) is 22.9. The lowest BCUT2D eigenvalue weighted by molar-refractivity contribution is 0.670. The molecule has 7 heteroatoms. The lowest BCUT2D eigenvalue weighted by Gasteiger charge is -2.19. The lowest BCUT2D eigenvalue weighted by atomic mass is 9.95.